The fraction of sp³-hybridized carbons (Fsp3) is 0.350. The monoisotopic (exact) mass is 403 g/mol. The molecule has 1 fully saturated rings. The van der Waals surface area contributed by atoms with Gasteiger partial charge in [0, 0.05) is 49.6 Å². The first-order valence-electron chi connectivity index (χ1n) is 9.32. The van der Waals surface area contributed by atoms with Crippen molar-refractivity contribution in [2.75, 3.05) is 18.0 Å². The molecule has 6 nitrogen and oxygen atoms in total. The van der Waals surface area contributed by atoms with Crippen molar-refractivity contribution in [1.82, 2.24) is 20.1 Å². The Kier molecular flexibility index (Phi) is 4.89. The number of amides is 1. The van der Waals surface area contributed by atoms with E-state index in [2.05, 4.69) is 20.3 Å². The molecule has 1 saturated heterocycles. The van der Waals surface area contributed by atoms with Crippen molar-refractivity contribution in [2.45, 2.75) is 25.1 Å². The van der Waals surface area contributed by atoms with Crippen molar-refractivity contribution in [3.63, 3.8) is 0 Å². The second kappa shape index (κ2) is 7.38. The molecule has 2 aromatic heterocycles. The number of rotatable bonds is 3. The molecule has 0 saturated carbocycles. The number of hydrogen-bond acceptors (Lipinski definition) is 4. The molecule has 0 radical (unpaired) electrons. The Morgan fingerprint density at radius 2 is 1.97 bits per heavy atom. The average molecular weight is 403 g/mol. The molecule has 9 heteroatoms. The summed E-state index contributed by atoms with van der Waals surface area (Å²) in [6.07, 6.45) is 1.84. The van der Waals surface area contributed by atoms with Crippen LogP contribution in [0.25, 0.3) is 10.9 Å². The van der Waals surface area contributed by atoms with Crippen molar-refractivity contribution in [1.29, 1.82) is 0 Å². The quantitative estimate of drug-likeness (QED) is 0.728. The van der Waals surface area contributed by atoms with Crippen LogP contribution in [0.1, 0.15) is 28.8 Å². The zero-order valence-corrected chi connectivity index (χ0v) is 15.8. The predicted molar refractivity (Wildman–Crippen MR) is 103 cm³/mol. The lowest BCUT2D eigenvalue weighted by Gasteiger charge is -2.34. The Morgan fingerprint density at radius 1 is 1.21 bits per heavy atom. The van der Waals surface area contributed by atoms with Gasteiger partial charge in [-0.1, -0.05) is 6.07 Å². The van der Waals surface area contributed by atoms with E-state index in [0.29, 0.717) is 29.6 Å². The summed E-state index contributed by atoms with van der Waals surface area (Å²) in [5, 5.41) is 7.72. The summed E-state index contributed by atoms with van der Waals surface area (Å²) in [6, 6.07) is 5.53. The molecule has 0 bridgehead atoms. The number of piperidine rings is 1. The van der Waals surface area contributed by atoms with E-state index in [1.54, 1.807) is 17.9 Å². The minimum absolute atomic E-state index is 0.0453. The molecule has 0 spiro atoms. The number of anilines is 1. The molecule has 1 aliphatic heterocycles. The third-order valence-electron chi connectivity index (χ3n) is 5.18. The summed E-state index contributed by atoms with van der Waals surface area (Å²) < 4.78 is 40.5. The van der Waals surface area contributed by atoms with Gasteiger partial charge in [-0.25, -0.2) is 0 Å². The third-order valence-corrected chi connectivity index (χ3v) is 5.18. The highest BCUT2D eigenvalue weighted by Crippen LogP contribution is 2.34. The molecule has 0 unspecified atom stereocenters. The minimum atomic E-state index is -4.39. The summed E-state index contributed by atoms with van der Waals surface area (Å²) in [6.45, 7) is 1.39. The largest absolute Gasteiger partial charge is 0.416 e. The predicted octanol–water partition coefficient (Wildman–Crippen LogP) is 3.39. The molecule has 29 heavy (non-hydrogen) atoms. The number of benzene rings is 1. The van der Waals surface area contributed by atoms with Crippen LogP contribution in [0.2, 0.25) is 0 Å². The molecule has 1 aliphatic rings. The molecule has 4 rings (SSSR count). The fourth-order valence-electron chi connectivity index (χ4n) is 3.66. The Labute approximate surface area is 165 Å². The second-order valence-electron chi connectivity index (χ2n) is 7.20. The molecule has 1 N–H and O–H groups in total. The van der Waals surface area contributed by atoms with E-state index >= 15 is 0 Å². The van der Waals surface area contributed by atoms with Crippen molar-refractivity contribution < 1.29 is 18.0 Å². The third kappa shape index (κ3) is 4.03. The Hall–Kier alpha value is -3.10. The van der Waals surface area contributed by atoms with Gasteiger partial charge in [0.25, 0.3) is 5.91 Å². The van der Waals surface area contributed by atoms with Gasteiger partial charge in [0.05, 0.1) is 22.8 Å². The normalized spacial score (nSPS) is 15.7. The number of fused-ring (bicyclic) bond motifs is 1. The van der Waals surface area contributed by atoms with E-state index in [4.69, 9.17) is 0 Å². The summed E-state index contributed by atoms with van der Waals surface area (Å²) in [4.78, 5) is 18.5. The van der Waals surface area contributed by atoms with Gasteiger partial charge < -0.3 is 10.2 Å². The van der Waals surface area contributed by atoms with Gasteiger partial charge in [-0.2, -0.15) is 18.3 Å². The van der Waals surface area contributed by atoms with Crippen molar-refractivity contribution >= 4 is 22.5 Å². The number of aromatic nitrogens is 3. The molecule has 0 aliphatic carbocycles. The zero-order valence-electron chi connectivity index (χ0n) is 15.8. The first kappa shape index (κ1) is 19.2. The number of nitrogens with one attached hydrogen (secondary N) is 1. The van der Waals surface area contributed by atoms with Gasteiger partial charge in [-0.3, -0.25) is 14.5 Å². The summed E-state index contributed by atoms with van der Waals surface area (Å²) >= 11 is 0. The topological polar surface area (TPSA) is 63.1 Å². The lowest BCUT2D eigenvalue weighted by molar-refractivity contribution is -0.137. The van der Waals surface area contributed by atoms with Crippen LogP contribution < -0.4 is 10.2 Å². The molecular weight excluding hydrogens is 383 g/mol. The van der Waals surface area contributed by atoms with Crippen LogP contribution in [0.4, 0.5) is 18.9 Å². The maximum Gasteiger partial charge on any atom is 0.416 e. The van der Waals surface area contributed by atoms with E-state index in [1.165, 1.54) is 18.5 Å². The standard InChI is InChI=1S/C20H20F3N5O/c1-27-12-13(11-25-27)19(29)26-15-5-8-28(9-6-15)18-4-7-24-17-10-14(20(21,22)23)2-3-16(17)18/h2-4,7,10-12,15H,5-6,8-9H2,1H3,(H,26,29). The van der Waals surface area contributed by atoms with Gasteiger partial charge in [-0.05, 0) is 31.0 Å². The molecular formula is C20H20F3N5O. The molecule has 152 valence electrons. The van der Waals surface area contributed by atoms with Gasteiger partial charge in [0.15, 0.2) is 0 Å². The van der Waals surface area contributed by atoms with Gasteiger partial charge in [-0.15, -0.1) is 0 Å². The Balaban J connectivity index is 1.45. The van der Waals surface area contributed by atoms with Gasteiger partial charge in [0.2, 0.25) is 0 Å². The average Bonchev–Trinajstić information content (AvgIpc) is 3.13. The number of carbonyl (C=O) groups excluding carboxylic acids is 1. The summed E-state index contributed by atoms with van der Waals surface area (Å²) in [5.41, 5.74) is 1.01. The van der Waals surface area contributed by atoms with E-state index in [9.17, 15) is 18.0 Å². The molecule has 1 amide bonds. The SMILES string of the molecule is Cn1cc(C(=O)NC2CCN(c3ccnc4cc(C(F)(F)F)ccc34)CC2)cn1. The molecule has 3 aromatic rings. The van der Waals surface area contributed by atoms with Gasteiger partial charge >= 0.3 is 6.18 Å². The maximum absolute atomic E-state index is 13.0. The van der Waals surface area contributed by atoms with Crippen LogP contribution in [0, 0.1) is 0 Å². The van der Waals surface area contributed by atoms with Crippen molar-refractivity contribution in [2.24, 2.45) is 7.05 Å². The fourth-order valence-corrected chi connectivity index (χ4v) is 3.66. The molecule has 0 atom stereocenters. The smallest absolute Gasteiger partial charge is 0.371 e. The summed E-state index contributed by atoms with van der Waals surface area (Å²) in [5.74, 6) is -0.148. The number of hydrogen-bond donors (Lipinski definition) is 1. The van der Waals surface area contributed by atoms with Crippen LogP contribution in [0.15, 0.2) is 42.9 Å². The first-order valence-corrected chi connectivity index (χ1v) is 9.32. The van der Waals surface area contributed by atoms with Crippen LogP contribution in [-0.2, 0) is 13.2 Å². The number of carbonyl (C=O) groups is 1. The zero-order chi connectivity index (χ0) is 20.6. The van der Waals surface area contributed by atoms with Crippen LogP contribution in [0.3, 0.4) is 0 Å². The summed E-state index contributed by atoms with van der Waals surface area (Å²) in [7, 11) is 1.76. The van der Waals surface area contributed by atoms with Crippen LogP contribution in [0.5, 0.6) is 0 Å². The lowest BCUT2D eigenvalue weighted by atomic mass is 10.0. The lowest BCUT2D eigenvalue weighted by Crippen LogP contribution is -2.44. The van der Waals surface area contributed by atoms with E-state index in [1.807, 2.05) is 6.07 Å². The van der Waals surface area contributed by atoms with Crippen molar-refractivity contribution in [3.05, 3.63) is 54.0 Å². The Morgan fingerprint density at radius 3 is 2.62 bits per heavy atom. The second-order valence-corrected chi connectivity index (χ2v) is 7.20. The number of alkyl halides is 3. The number of pyridine rings is 1. The number of nitrogens with zero attached hydrogens (tertiary/aromatic N) is 4. The highest BCUT2D eigenvalue weighted by atomic mass is 19.4. The highest BCUT2D eigenvalue weighted by Gasteiger charge is 2.31. The highest BCUT2D eigenvalue weighted by molar-refractivity contribution is 5.94. The van der Waals surface area contributed by atoms with E-state index in [0.717, 1.165) is 30.7 Å². The maximum atomic E-state index is 13.0. The molecule has 3 heterocycles. The first-order chi connectivity index (χ1) is 13.8. The van der Waals surface area contributed by atoms with E-state index in [-0.39, 0.29) is 11.9 Å². The minimum Gasteiger partial charge on any atom is -0.371 e. The Bertz CT molecular complexity index is 1040. The molecule has 1 aromatic carbocycles. The van der Waals surface area contributed by atoms with Crippen LogP contribution in [-0.4, -0.2) is 39.8 Å². The van der Waals surface area contributed by atoms with Gasteiger partial charge in [0.1, 0.15) is 0 Å². The van der Waals surface area contributed by atoms with Crippen molar-refractivity contribution in [3.8, 4) is 0 Å². The number of halogens is 3. The number of aryl methyl sites for hydroxylation is 1. The van der Waals surface area contributed by atoms with E-state index < -0.39 is 11.7 Å². The van der Waals surface area contributed by atoms with Crippen LogP contribution >= 0.6 is 0 Å².